The zero-order chi connectivity index (χ0) is 13.2. The van der Waals surface area contributed by atoms with Crippen molar-refractivity contribution in [1.82, 2.24) is 0 Å². The summed E-state index contributed by atoms with van der Waals surface area (Å²) in [5.41, 5.74) is 8.54. The van der Waals surface area contributed by atoms with Crippen molar-refractivity contribution in [2.24, 2.45) is 21.6 Å². The number of nitrogens with two attached hydrogens (primary N) is 1. The first-order chi connectivity index (χ1) is 9.25. The van der Waals surface area contributed by atoms with E-state index in [2.05, 4.69) is 24.0 Å². The zero-order valence-electron chi connectivity index (χ0n) is 11.5. The van der Waals surface area contributed by atoms with Crippen molar-refractivity contribution in [1.29, 1.82) is 0 Å². The van der Waals surface area contributed by atoms with Crippen molar-refractivity contribution in [2.45, 2.75) is 45.1 Å². The lowest BCUT2D eigenvalue weighted by atomic mass is 9.92. The Kier molecular flexibility index (Phi) is 3.36. The molecule has 0 aromatic heterocycles. The molecule has 0 radical (unpaired) electrons. The molecule has 2 atom stereocenters. The zero-order valence-corrected chi connectivity index (χ0v) is 11.5. The molecule has 3 nitrogen and oxygen atoms in total. The van der Waals surface area contributed by atoms with Gasteiger partial charge in [-0.1, -0.05) is 43.5 Å². The summed E-state index contributed by atoms with van der Waals surface area (Å²) in [4.78, 5) is 9.48. The first kappa shape index (κ1) is 12.4. The first-order valence-electron chi connectivity index (χ1n) is 7.23. The number of hydrogen-bond donors (Lipinski definition) is 1. The highest BCUT2D eigenvalue weighted by molar-refractivity contribution is 6.09. The van der Waals surface area contributed by atoms with E-state index in [4.69, 9.17) is 10.7 Å². The second-order valence-electron chi connectivity index (χ2n) is 5.62. The minimum absolute atomic E-state index is 0.342. The predicted octanol–water partition coefficient (Wildman–Crippen LogP) is 3.06. The average Bonchev–Trinajstić information content (AvgIpc) is 2.65. The highest BCUT2D eigenvalue weighted by Crippen LogP contribution is 2.29. The van der Waals surface area contributed by atoms with Crippen LogP contribution in [0.15, 0.2) is 34.3 Å². The number of benzene rings is 1. The van der Waals surface area contributed by atoms with E-state index in [0.29, 0.717) is 12.0 Å². The fourth-order valence-corrected chi connectivity index (χ4v) is 3.13. The summed E-state index contributed by atoms with van der Waals surface area (Å²) in [6, 6.07) is 8.61. The van der Waals surface area contributed by atoms with Crippen molar-refractivity contribution < 1.29 is 0 Å². The number of rotatable bonds is 1. The summed E-state index contributed by atoms with van der Waals surface area (Å²) >= 11 is 0. The quantitative estimate of drug-likeness (QED) is 0.823. The van der Waals surface area contributed by atoms with Gasteiger partial charge in [-0.15, -0.1) is 0 Å². The Hall–Kier alpha value is -1.64. The van der Waals surface area contributed by atoms with Crippen molar-refractivity contribution in [3.63, 3.8) is 0 Å². The Morgan fingerprint density at radius 2 is 1.89 bits per heavy atom. The normalized spacial score (nSPS) is 27.0. The number of aryl methyl sites for hydroxylation is 1. The second-order valence-corrected chi connectivity index (χ2v) is 5.62. The molecule has 2 unspecified atom stereocenters. The Bertz CT molecular complexity index is 531. The Balaban J connectivity index is 1.97. The van der Waals surface area contributed by atoms with E-state index in [1.165, 1.54) is 24.8 Å². The molecule has 0 bridgehead atoms. The average molecular weight is 255 g/mol. The van der Waals surface area contributed by atoms with Crippen LogP contribution < -0.4 is 5.73 Å². The molecule has 2 aliphatic rings. The molecule has 1 fully saturated rings. The summed E-state index contributed by atoms with van der Waals surface area (Å²) in [5.74, 6) is 1.99. The van der Waals surface area contributed by atoms with Gasteiger partial charge in [-0.3, -0.25) is 4.99 Å². The van der Waals surface area contributed by atoms with Crippen LogP contribution in [0.5, 0.6) is 0 Å². The van der Waals surface area contributed by atoms with E-state index in [9.17, 15) is 0 Å². The molecule has 3 rings (SSSR count). The van der Waals surface area contributed by atoms with Crippen molar-refractivity contribution in [3.05, 3.63) is 35.4 Å². The van der Waals surface area contributed by atoms with E-state index in [0.717, 1.165) is 30.1 Å². The third-order valence-corrected chi connectivity index (χ3v) is 4.27. The van der Waals surface area contributed by atoms with E-state index in [1.54, 1.807) is 0 Å². The summed E-state index contributed by atoms with van der Waals surface area (Å²) in [6.07, 6.45) is 6.11. The third kappa shape index (κ3) is 2.42. The monoisotopic (exact) mass is 255 g/mol. The molecule has 0 spiro atoms. The summed E-state index contributed by atoms with van der Waals surface area (Å²) < 4.78 is 0. The maximum Gasteiger partial charge on any atom is 0.157 e. The van der Waals surface area contributed by atoms with Gasteiger partial charge in [0.25, 0.3) is 0 Å². The topological polar surface area (TPSA) is 50.7 Å². The van der Waals surface area contributed by atoms with Crippen LogP contribution in [0.1, 0.15) is 43.2 Å². The number of fused-ring (bicyclic) bond motifs is 1. The van der Waals surface area contributed by atoms with Gasteiger partial charge in [-0.05, 0) is 25.3 Å². The van der Waals surface area contributed by atoms with Crippen LogP contribution in [0.4, 0.5) is 0 Å². The van der Waals surface area contributed by atoms with Crippen LogP contribution in [0.25, 0.3) is 0 Å². The van der Waals surface area contributed by atoms with Crippen molar-refractivity contribution in [3.8, 4) is 0 Å². The molecule has 19 heavy (non-hydrogen) atoms. The predicted molar refractivity (Wildman–Crippen MR) is 79.7 cm³/mol. The van der Waals surface area contributed by atoms with Gasteiger partial charge in [-0.2, -0.15) is 0 Å². The number of hydrogen-bond acceptors (Lipinski definition) is 3. The van der Waals surface area contributed by atoms with E-state index in [-0.39, 0.29) is 0 Å². The third-order valence-electron chi connectivity index (χ3n) is 4.27. The second kappa shape index (κ2) is 5.16. The van der Waals surface area contributed by atoms with Gasteiger partial charge in [0.15, 0.2) is 5.84 Å². The van der Waals surface area contributed by atoms with Gasteiger partial charge in [-0.25, -0.2) is 4.99 Å². The van der Waals surface area contributed by atoms with Crippen LogP contribution in [0.2, 0.25) is 0 Å². The first-order valence-corrected chi connectivity index (χ1v) is 7.23. The summed E-state index contributed by atoms with van der Waals surface area (Å²) in [7, 11) is 0. The van der Waals surface area contributed by atoms with Crippen LogP contribution in [-0.4, -0.2) is 17.7 Å². The molecule has 1 aliphatic heterocycles. The standard InChI is InChI=1S/C16H21N3/c1-11-7-5-6-8-12(11)16-18-14-10-4-2-3-9-13(14)15(17)19-16/h5-8,13-14H,2-4,9-10H2,1H3,(H2,17,18,19). The number of nitrogens with zero attached hydrogens (tertiary/aromatic N) is 2. The number of amidine groups is 2. The molecular formula is C16H21N3. The maximum atomic E-state index is 6.21. The molecular weight excluding hydrogens is 234 g/mol. The summed E-state index contributed by atoms with van der Waals surface area (Å²) in [6.45, 7) is 2.10. The minimum atomic E-state index is 0.342. The molecule has 0 saturated heterocycles. The Morgan fingerprint density at radius 1 is 1.11 bits per heavy atom. The molecule has 3 heteroatoms. The van der Waals surface area contributed by atoms with E-state index in [1.807, 2.05) is 12.1 Å². The maximum absolute atomic E-state index is 6.21. The lowest BCUT2D eigenvalue weighted by Gasteiger charge is -2.26. The fourth-order valence-electron chi connectivity index (χ4n) is 3.13. The molecule has 0 amide bonds. The summed E-state index contributed by atoms with van der Waals surface area (Å²) in [5, 5.41) is 0. The molecule has 2 N–H and O–H groups in total. The van der Waals surface area contributed by atoms with Gasteiger partial charge in [0, 0.05) is 11.5 Å². The molecule has 1 aromatic carbocycles. The van der Waals surface area contributed by atoms with Gasteiger partial charge in [0.05, 0.1) is 6.04 Å². The smallest absolute Gasteiger partial charge is 0.157 e. The van der Waals surface area contributed by atoms with E-state index >= 15 is 0 Å². The lowest BCUT2D eigenvalue weighted by Crippen LogP contribution is -2.37. The Labute approximate surface area is 114 Å². The van der Waals surface area contributed by atoms with Gasteiger partial charge < -0.3 is 5.73 Å². The molecule has 1 aromatic rings. The van der Waals surface area contributed by atoms with E-state index < -0.39 is 0 Å². The number of aliphatic imine (C=N–C) groups is 2. The van der Waals surface area contributed by atoms with Gasteiger partial charge >= 0.3 is 0 Å². The lowest BCUT2D eigenvalue weighted by molar-refractivity contribution is 0.495. The van der Waals surface area contributed by atoms with Crippen molar-refractivity contribution >= 4 is 11.7 Å². The molecule has 1 heterocycles. The van der Waals surface area contributed by atoms with Crippen molar-refractivity contribution in [2.75, 3.05) is 0 Å². The molecule has 1 saturated carbocycles. The van der Waals surface area contributed by atoms with Gasteiger partial charge in [0.1, 0.15) is 5.84 Å². The van der Waals surface area contributed by atoms with Gasteiger partial charge in [0.2, 0.25) is 0 Å². The SMILES string of the molecule is Cc1ccccc1C1=NC2CCCCCC2C(N)=N1. The molecule has 100 valence electrons. The van der Waals surface area contributed by atoms with Crippen LogP contribution in [0.3, 0.4) is 0 Å². The fraction of sp³-hybridized carbons (Fsp3) is 0.500. The highest BCUT2D eigenvalue weighted by Gasteiger charge is 2.30. The van der Waals surface area contributed by atoms with Crippen LogP contribution in [0, 0.1) is 12.8 Å². The Morgan fingerprint density at radius 3 is 2.74 bits per heavy atom. The van der Waals surface area contributed by atoms with Crippen LogP contribution in [-0.2, 0) is 0 Å². The van der Waals surface area contributed by atoms with Crippen LogP contribution >= 0.6 is 0 Å². The minimum Gasteiger partial charge on any atom is -0.387 e. The largest absolute Gasteiger partial charge is 0.387 e. The highest BCUT2D eigenvalue weighted by atomic mass is 15.0. The molecule has 1 aliphatic carbocycles.